The van der Waals surface area contributed by atoms with E-state index in [-0.39, 0.29) is 18.2 Å². The molecule has 0 bridgehead atoms. The first-order valence-electron chi connectivity index (χ1n) is 7.72. The number of thiazole rings is 1. The fourth-order valence-electron chi connectivity index (χ4n) is 1.78. The summed E-state index contributed by atoms with van der Waals surface area (Å²) in [7, 11) is 0. The van der Waals surface area contributed by atoms with Gasteiger partial charge in [0.15, 0.2) is 5.13 Å². The molecule has 0 spiro atoms. The number of unbranched alkanes of at least 4 members (excludes halogenated alkanes) is 2. The van der Waals surface area contributed by atoms with Gasteiger partial charge in [0.2, 0.25) is 11.8 Å². The Hall–Kier alpha value is -1.47. The van der Waals surface area contributed by atoms with Crippen LogP contribution in [0.3, 0.4) is 0 Å². The zero-order chi connectivity index (χ0) is 16.4. The lowest BCUT2D eigenvalue weighted by Gasteiger charge is -2.06. The number of hydrogen-bond donors (Lipinski definition) is 3. The first-order valence-corrected chi connectivity index (χ1v) is 8.60. The van der Waals surface area contributed by atoms with E-state index in [4.69, 9.17) is 5.73 Å². The van der Waals surface area contributed by atoms with E-state index in [9.17, 15) is 9.59 Å². The molecule has 1 aromatic rings. The van der Waals surface area contributed by atoms with E-state index in [1.54, 1.807) is 5.38 Å². The predicted molar refractivity (Wildman–Crippen MR) is 89.8 cm³/mol. The minimum Gasteiger partial charge on any atom is -0.356 e. The van der Waals surface area contributed by atoms with Gasteiger partial charge in [-0.05, 0) is 25.3 Å². The molecule has 2 amide bonds. The van der Waals surface area contributed by atoms with Crippen molar-refractivity contribution < 1.29 is 9.59 Å². The summed E-state index contributed by atoms with van der Waals surface area (Å²) in [5.41, 5.74) is 6.09. The van der Waals surface area contributed by atoms with E-state index < -0.39 is 0 Å². The van der Waals surface area contributed by atoms with Crippen molar-refractivity contribution in [2.24, 2.45) is 11.7 Å². The molecule has 0 aromatic carbocycles. The quantitative estimate of drug-likeness (QED) is 0.572. The largest absolute Gasteiger partial charge is 0.356 e. The fourth-order valence-corrected chi connectivity index (χ4v) is 2.51. The van der Waals surface area contributed by atoms with Crippen LogP contribution < -0.4 is 16.4 Å². The van der Waals surface area contributed by atoms with Gasteiger partial charge in [0.05, 0.1) is 12.1 Å². The van der Waals surface area contributed by atoms with Crippen LogP contribution in [0.25, 0.3) is 0 Å². The lowest BCUT2D eigenvalue weighted by molar-refractivity contribution is -0.120. The Morgan fingerprint density at radius 2 is 2.05 bits per heavy atom. The number of carbonyl (C=O) groups excluding carboxylic acids is 2. The maximum atomic E-state index is 11.7. The second-order valence-electron chi connectivity index (χ2n) is 5.67. The van der Waals surface area contributed by atoms with Crippen LogP contribution in [-0.2, 0) is 16.0 Å². The molecule has 6 nitrogen and oxygen atoms in total. The van der Waals surface area contributed by atoms with Gasteiger partial charge in [-0.15, -0.1) is 11.3 Å². The first-order chi connectivity index (χ1) is 10.5. The van der Waals surface area contributed by atoms with E-state index >= 15 is 0 Å². The molecule has 0 aliphatic rings. The Balaban J connectivity index is 2.31. The lowest BCUT2D eigenvalue weighted by Crippen LogP contribution is -2.28. The van der Waals surface area contributed by atoms with Crippen LogP contribution in [0.1, 0.15) is 45.2 Å². The molecule has 0 unspecified atom stereocenters. The smallest absolute Gasteiger partial charge is 0.226 e. The summed E-state index contributed by atoms with van der Waals surface area (Å²) < 4.78 is 0. The molecule has 0 aliphatic carbocycles. The highest BCUT2D eigenvalue weighted by atomic mass is 32.1. The van der Waals surface area contributed by atoms with Gasteiger partial charge in [0.25, 0.3) is 0 Å². The van der Waals surface area contributed by atoms with E-state index in [0.717, 1.165) is 19.3 Å². The molecule has 0 saturated heterocycles. The average molecular weight is 326 g/mol. The number of amides is 2. The first kappa shape index (κ1) is 18.6. The molecule has 0 radical (unpaired) electrons. The number of nitrogens with one attached hydrogen (secondary N) is 2. The second kappa shape index (κ2) is 10.3. The maximum Gasteiger partial charge on any atom is 0.226 e. The molecular formula is C15H26N4O2S. The van der Waals surface area contributed by atoms with Crippen LogP contribution in [0.4, 0.5) is 5.13 Å². The third-order valence-corrected chi connectivity index (χ3v) is 3.76. The highest BCUT2D eigenvalue weighted by Crippen LogP contribution is 2.16. The van der Waals surface area contributed by atoms with E-state index in [2.05, 4.69) is 15.6 Å². The van der Waals surface area contributed by atoms with Crippen molar-refractivity contribution >= 4 is 28.3 Å². The fraction of sp³-hybridized carbons (Fsp3) is 0.667. The third kappa shape index (κ3) is 8.09. The zero-order valence-corrected chi connectivity index (χ0v) is 14.2. The Labute approximate surface area is 135 Å². The van der Waals surface area contributed by atoms with E-state index in [1.165, 1.54) is 11.3 Å². The van der Waals surface area contributed by atoms with E-state index in [0.29, 0.717) is 36.3 Å². The number of aromatic nitrogens is 1. The van der Waals surface area contributed by atoms with Crippen molar-refractivity contribution in [1.82, 2.24) is 10.3 Å². The number of anilines is 1. The third-order valence-electron chi connectivity index (χ3n) is 2.96. The highest BCUT2D eigenvalue weighted by molar-refractivity contribution is 7.13. The topological polar surface area (TPSA) is 97.1 Å². The monoisotopic (exact) mass is 326 g/mol. The summed E-state index contributed by atoms with van der Waals surface area (Å²) in [6.45, 7) is 5.42. The summed E-state index contributed by atoms with van der Waals surface area (Å²) in [6, 6.07) is 0. The van der Waals surface area contributed by atoms with Crippen LogP contribution in [0.5, 0.6) is 0 Å². The normalized spacial score (nSPS) is 10.7. The molecule has 1 aromatic heterocycles. The minimum atomic E-state index is -0.0429. The molecular weight excluding hydrogens is 300 g/mol. The average Bonchev–Trinajstić information content (AvgIpc) is 2.88. The predicted octanol–water partition coefficient (Wildman–Crippen LogP) is 1.92. The van der Waals surface area contributed by atoms with Crippen LogP contribution in [0.15, 0.2) is 5.38 Å². The van der Waals surface area contributed by atoms with Crippen molar-refractivity contribution in [2.75, 3.05) is 18.4 Å². The van der Waals surface area contributed by atoms with E-state index in [1.807, 2.05) is 13.8 Å². The molecule has 0 aliphatic heterocycles. The summed E-state index contributed by atoms with van der Waals surface area (Å²) in [6.07, 6.45) is 3.46. The van der Waals surface area contributed by atoms with Gasteiger partial charge in [0.1, 0.15) is 0 Å². The Morgan fingerprint density at radius 1 is 1.27 bits per heavy atom. The molecule has 124 valence electrons. The van der Waals surface area contributed by atoms with Crippen molar-refractivity contribution in [1.29, 1.82) is 0 Å². The molecule has 0 atom stereocenters. The molecule has 1 heterocycles. The molecule has 22 heavy (non-hydrogen) atoms. The summed E-state index contributed by atoms with van der Waals surface area (Å²) in [4.78, 5) is 27.7. The minimum absolute atomic E-state index is 0.0396. The van der Waals surface area contributed by atoms with Gasteiger partial charge >= 0.3 is 0 Å². The van der Waals surface area contributed by atoms with Gasteiger partial charge in [-0.3, -0.25) is 9.59 Å². The van der Waals surface area contributed by atoms with Crippen molar-refractivity contribution in [2.45, 2.75) is 46.0 Å². The Kier molecular flexibility index (Phi) is 8.69. The molecule has 0 saturated carbocycles. The van der Waals surface area contributed by atoms with Gasteiger partial charge in [0, 0.05) is 18.3 Å². The van der Waals surface area contributed by atoms with Crippen LogP contribution >= 0.6 is 11.3 Å². The van der Waals surface area contributed by atoms with Crippen molar-refractivity contribution in [3.63, 3.8) is 0 Å². The van der Waals surface area contributed by atoms with Gasteiger partial charge in [-0.2, -0.15) is 0 Å². The maximum absolute atomic E-state index is 11.7. The Morgan fingerprint density at radius 3 is 2.73 bits per heavy atom. The number of nitrogens with zero attached hydrogens (tertiary/aromatic N) is 1. The van der Waals surface area contributed by atoms with Crippen LogP contribution in [0, 0.1) is 5.92 Å². The second-order valence-corrected chi connectivity index (χ2v) is 6.52. The lowest BCUT2D eigenvalue weighted by atomic mass is 10.2. The molecule has 7 heteroatoms. The summed E-state index contributed by atoms with van der Waals surface area (Å²) >= 11 is 1.34. The highest BCUT2D eigenvalue weighted by Gasteiger charge is 2.10. The molecule has 1 rings (SSSR count). The van der Waals surface area contributed by atoms with Gasteiger partial charge in [-0.25, -0.2) is 4.98 Å². The zero-order valence-electron chi connectivity index (χ0n) is 13.4. The standard InChI is InChI=1S/C15H26N4O2S/c1-11(2)9-17-14(21)8-12-10-22-15(18-12)19-13(20)6-4-3-5-7-16/h10-11H,3-9,16H2,1-2H3,(H,17,21)(H,18,19,20). The van der Waals surface area contributed by atoms with Gasteiger partial charge < -0.3 is 16.4 Å². The summed E-state index contributed by atoms with van der Waals surface area (Å²) in [5, 5.41) is 7.97. The molecule has 4 N–H and O–H groups in total. The number of rotatable bonds is 10. The SMILES string of the molecule is CC(C)CNC(=O)Cc1csc(NC(=O)CCCCCN)n1. The summed E-state index contributed by atoms with van der Waals surface area (Å²) in [5.74, 6) is 0.342. The van der Waals surface area contributed by atoms with Crippen molar-refractivity contribution in [3.05, 3.63) is 11.1 Å². The number of carbonyl (C=O) groups is 2. The van der Waals surface area contributed by atoms with Crippen molar-refractivity contribution in [3.8, 4) is 0 Å². The van der Waals surface area contributed by atoms with Crippen LogP contribution in [-0.4, -0.2) is 29.9 Å². The number of nitrogens with two attached hydrogens (primary N) is 1. The van der Waals surface area contributed by atoms with Gasteiger partial charge in [-0.1, -0.05) is 20.3 Å². The Bertz CT molecular complexity index is 474. The van der Waals surface area contributed by atoms with Crippen LogP contribution in [0.2, 0.25) is 0 Å². The molecule has 0 fully saturated rings. The number of hydrogen-bond acceptors (Lipinski definition) is 5.